The molecule has 1 amide bonds. The molecule has 0 bridgehead atoms. The van der Waals surface area contributed by atoms with Crippen molar-refractivity contribution in [2.45, 2.75) is 50.5 Å². The molecular weight excluding hydrogens is 430 g/mol. The van der Waals surface area contributed by atoms with E-state index >= 15 is 0 Å². The van der Waals surface area contributed by atoms with E-state index in [9.17, 15) is 4.79 Å². The van der Waals surface area contributed by atoms with E-state index in [-0.39, 0.29) is 5.91 Å². The van der Waals surface area contributed by atoms with Gasteiger partial charge in [-0.05, 0) is 55.3 Å². The maximum atomic E-state index is 12.6. The molecule has 7 heteroatoms. The van der Waals surface area contributed by atoms with Gasteiger partial charge in [0.1, 0.15) is 5.75 Å². The Kier molecular flexibility index (Phi) is 5.93. The minimum atomic E-state index is -0.467. The number of amides is 1. The fraction of sp³-hybridized carbons (Fsp3) is 0.519. The molecule has 6 rings (SSSR count). The van der Waals surface area contributed by atoms with Crippen molar-refractivity contribution in [2.75, 3.05) is 44.7 Å². The molecule has 1 aliphatic carbocycles. The summed E-state index contributed by atoms with van der Waals surface area (Å²) in [7, 11) is 0. The van der Waals surface area contributed by atoms with Crippen LogP contribution >= 0.6 is 0 Å². The molecule has 0 radical (unpaired) electrons. The van der Waals surface area contributed by atoms with Gasteiger partial charge in [0, 0.05) is 67.6 Å². The first-order chi connectivity index (χ1) is 16.7. The van der Waals surface area contributed by atoms with Crippen LogP contribution in [0.5, 0.6) is 5.75 Å². The van der Waals surface area contributed by atoms with Crippen LogP contribution in [0.15, 0.2) is 42.5 Å². The molecule has 0 aromatic heterocycles. The molecule has 7 nitrogen and oxygen atoms in total. The molecule has 2 aromatic rings. The predicted molar refractivity (Wildman–Crippen MR) is 129 cm³/mol. The van der Waals surface area contributed by atoms with Crippen LogP contribution in [0.1, 0.15) is 48.0 Å². The Balaban J connectivity index is 1.07. The van der Waals surface area contributed by atoms with Crippen LogP contribution in [0.2, 0.25) is 0 Å². The summed E-state index contributed by atoms with van der Waals surface area (Å²) in [5.74, 6) is 0.524. The lowest BCUT2D eigenvalue weighted by Crippen LogP contribution is -2.54. The van der Waals surface area contributed by atoms with Crippen molar-refractivity contribution >= 4 is 17.3 Å². The number of nitrogens with one attached hydrogen (secondary N) is 1. The van der Waals surface area contributed by atoms with E-state index in [0.29, 0.717) is 38.5 Å². The summed E-state index contributed by atoms with van der Waals surface area (Å²) in [6.45, 7) is 5.21. The molecule has 4 aliphatic rings. The number of carbonyl (C=O) groups excluding carboxylic acids is 1. The summed E-state index contributed by atoms with van der Waals surface area (Å²) >= 11 is 0. The number of likely N-dealkylation sites (tertiary alicyclic amines) is 1. The van der Waals surface area contributed by atoms with E-state index < -0.39 is 5.79 Å². The summed E-state index contributed by atoms with van der Waals surface area (Å²) in [5.41, 5.74) is 3.69. The van der Waals surface area contributed by atoms with Crippen LogP contribution in [0.4, 0.5) is 11.4 Å². The van der Waals surface area contributed by atoms with E-state index in [4.69, 9.17) is 14.2 Å². The van der Waals surface area contributed by atoms with Gasteiger partial charge in [0.15, 0.2) is 0 Å². The first kappa shape index (κ1) is 21.9. The number of hydrogen-bond donors (Lipinski definition) is 1. The van der Waals surface area contributed by atoms with Crippen LogP contribution in [0.3, 0.4) is 0 Å². The fourth-order valence-electron chi connectivity index (χ4n) is 5.35. The quantitative estimate of drug-likeness (QED) is 0.735. The second-order valence-electron chi connectivity index (χ2n) is 9.85. The Hall–Kier alpha value is -2.61. The standard InChI is InChI=1S/C27H33N3O4/c31-26(30-14-16-32-17-15-30)20-4-6-22(7-5-20)28-23-8-9-25-21(18-23)19-33-27(34-25)10-12-29(13-11-27)24-2-1-3-24/h4-9,18,24,28H,1-3,10-17,19H2. The number of rotatable bonds is 4. The SMILES string of the molecule is O=C(c1ccc(Nc2ccc3c(c2)COC2(CCN(C4CCC4)CC2)O3)cc1)N1CCOCC1. The first-order valence-electron chi connectivity index (χ1n) is 12.6. The third-order valence-corrected chi connectivity index (χ3v) is 7.72. The van der Waals surface area contributed by atoms with Gasteiger partial charge in [-0.1, -0.05) is 6.42 Å². The average Bonchev–Trinajstić information content (AvgIpc) is 2.85. The van der Waals surface area contributed by atoms with E-state index in [1.807, 2.05) is 35.2 Å². The van der Waals surface area contributed by atoms with Gasteiger partial charge in [-0.15, -0.1) is 0 Å². The molecule has 3 fully saturated rings. The van der Waals surface area contributed by atoms with Gasteiger partial charge in [0.2, 0.25) is 5.79 Å². The third kappa shape index (κ3) is 4.40. The van der Waals surface area contributed by atoms with Crippen LogP contribution in [-0.2, 0) is 16.1 Å². The highest BCUT2D eigenvalue weighted by Gasteiger charge is 2.42. The molecule has 180 valence electrons. The van der Waals surface area contributed by atoms with Crippen LogP contribution in [-0.4, -0.2) is 66.9 Å². The van der Waals surface area contributed by atoms with Gasteiger partial charge in [0.05, 0.1) is 19.8 Å². The number of benzene rings is 2. The number of hydrogen-bond acceptors (Lipinski definition) is 6. The van der Waals surface area contributed by atoms with Crippen molar-refractivity contribution in [3.8, 4) is 5.75 Å². The Bertz CT molecular complexity index is 1020. The number of fused-ring (bicyclic) bond motifs is 1. The molecule has 34 heavy (non-hydrogen) atoms. The second-order valence-corrected chi connectivity index (χ2v) is 9.85. The maximum absolute atomic E-state index is 12.6. The van der Waals surface area contributed by atoms with Crippen molar-refractivity contribution in [3.63, 3.8) is 0 Å². The Morgan fingerprint density at radius 1 is 0.941 bits per heavy atom. The van der Waals surface area contributed by atoms with Crippen molar-refractivity contribution in [3.05, 3.63) is 53.6 Å². The summed E-state index contributed by atoms with van der Waals surface area (Å²) in [5, 5.41) is 3.44. The zero-order valence-electron chi connectivity index (χ0n) is 19.6. The highest BCUT2D eigenvalue weighted by Crippen LogP contribution is 2.40. The van der Waals surface area contributed by atoms with Crippen molar-refractivity contribution in [1.82, 2.24) is 9.80 Å². The van der Waals surface area contributed by atoms with Gasteiger partial charge in [-0.25, -0.2) is 0 Å². The van der Waals surface area contributed by atoms with Gasteiger partial charge < -0.3 is 24.4 Å². The highest BCUT2D eigenvalue weighted by atomic mass is 16.7. The summed E-state index contributed by atoms with van der Waals surface area (Å²) < 4.78 is 18.0. The second kappa shape index (κ2) is 9.21. The average molecular weight is 464 g/mol. The summed E-state index contributed by atoms with van der Waals surface area (Å²) in [6.07, 6.45) is 5.93. The molecule has 3 aliphatic heterocycles. The molecular formula is C27H33N3O4. The number of nitrogens with zero attached hydrogens (tertiary/aromatic N) is 2. The molecule has 1 saturated carbocycles. The zero-order chi connectivity index (χ0) is 23.0. The molecule has 2 saturated heterocycles. The number of ether oxygens (including phenoxy) is 3. The summed E-state index contributed by atoms with van der Waals surface area (Å²) in [4.78, 5) is 17.1. The largest absolute Gasteiger partial charge is 0.462 e. The minimum absolute atomic E-state index is 0.0605. The van der Waals surface area contributed by atoms with Crippen molar-refractivity contribution < 1.29 is 19.0 Å². The lowest BCUT2D eigenvalue weighted by atomic mass is 9.89. The predicted octanol–water partition coefficient (Wildman–Crippen LogP) is 4.16. The third-order valence-electron chi connectivity index (χ3n) is 7.72. The normalized spacial score (nSPS) is 22.5. The van der Waals surface area contributed by atoms with E-state index in [1.54, 1.807) is 0 Å². The zero-order valence-corrected chi connectivity index (χ0v) is 19.6. The Labute approximate surface area is 201 Å². The lowest BCUT2D eigenvalue weighted by molar-refractivity contribution is -0.231. The molecule has 3 heterocycles. The van der Waals surface area contributed by atoms with E-state index in [2.05, 4.69) is 22.3 Å². The highest BCUT2D eigenvalue weighted by molar-refractivity contribution is 5.94. The topological polar surface area (TPSA) is 63.3 Å². The van der Waals surface area contributed by atoms with Crippen molar-refractivity contribution in [1.29, 1.82) is 0 Å². The van der Waals surface area contributed by atoms with Crippen LogP contribution in [0.25, 0.3) is 0 Å². The van der Waals surface area contributed by atoms with Crippen LogP contribution < -0.4 is 10.1 Å². The molecule has 0 unspecified atom stereocenters. The molecule has 1 N–H and O–H groups in total. The Morgan fingerprint density at radius 2 is 1.68 bits per heavy atom. The Morgan fingerprint density at radius 3 is 2.38 bits per heavy atom. The molecule has 1 spiro atoms. The maximum Gasteiger partial charge on any atom is 0.254 e. The van der Waals surface area contributed by atoms with Gasteiger partial charge in [-0.2, -0.15) is 0 Å². The smallest absolute Gasteiger partial charge is 0.254 e. The number of carbonyl (C=O) groups is 1. The van der Waals surface area contributed by atoms with Gasteiger partial charge >= 0.3 is 0 Å². The molecule has 2 aromatic carbocycles. The lowest BCUT2D eigenvalue weighted by Gasteiger charge is -2.47. The van der Waals surface area contributed by atoms with Gasteiger partial charge in [-0.3, -0.25) is 9.69 Å². The van der Waals surface area contributed by atoms with E-state index in [1.165, 1.54) is 19.3 Å². The molecule has 0 atom stereocenters. The minimum Gasteiger partial charge on any atom is -0.462 e. The summed E-state index contributed by atoms with van der Waals surface area (Å²) in [6, 6.07) is 14.6. The fourth-order valence-corrected chi connectivity index (χ4v) is 5.35. The van der Waals surface area contributed by atoms with Gasteiger partial charge in [0.25, 0.3) is 5.91 Å². The first-order valence-corrected chi connectivity index (χ1v) is 12.6. The van der Waals surface area contributed by atoms with E-state index in [0.717, 1.165) is 54.7 Å². The van der Waals surface area contributed by atoms with Crippen molar-refractivity contribution in [2.24, 2.45) is 0 Å². The number of piperidine rings is 1. The number of morpholine rings is 1. The monoisotopic (exact) mass is 463 g/mol. The van der Waals surface area contributed by atoms with Crippen LogP contribution in [0, 0.1) is 0 Å². The number of anilines is 2.